The summed E-state index contributed by atoms with van der Waals surface area (Å²) in [5, 5.41) is 18.2. The lowest BCUT2D eigenvalue weighted by Gasteiger charge is -2.15. The normalized spacial score (nSPS) is 25.0. The first-order chi connectivity index (χ1) is 8.39. The van der Waals surface area contributed by atoms with Crippen LogP contribution in [0.3, 0.4) is 0 Å². The van der Waals surface area contributed by atoms with Crippen molar-refractivity contribution in [3.63, 3.8) is 0 Å². The van der Waals surface area contributed by atoms with Crippen LogP contribution in [-0.4, -0.2) is 22.5 Å². The second-order valence-electron chi connectivity index (χ2n) is 5.50. The lowest BCUT2D eigenvalue weighted by atomic mass is 10.0. The van der Waals surface area contributed by atoms with Gasteiger partial charge in [0, 0.05) is 6.42 Å². The molecular formula is C14H20N2O2. The first-order valence-corrected chi connectivity index (χ1v) is 6.27. The Balaban J connectivity index is 1.85. The van der Waals surface area contributed by atoms with Crippen molar-refractivity contribution in [2.75, 3.05) is 0 Å². The molecule has 4 heteroatoms. The molecule has 0 radical (unpaired) electrons. The molecule has 2 rings (SSSR count). The fourth-order valence-electron chi connectivity index (χ4n) is 1.85. The Hall–Kier alpha value is -1.26. The van der Waals surface area contributed by atoms with Crippen LogP contribution < -0.4 is 0 Å². The third kappa shape index (κ3) is 3.62. The molecule has 1 aromatic carbocycles. The van der Waals surface area contributed by atoms with Crippen molar-refractivity contribution in [3.05, 3.63) is 30.3 Å². The zero-order valence-electron chi connectivity index (χ0n) is 11.1. The summed E-state index contributed by atoms with van der Waals surface area (Å²) in [7, 11) is 0. The molecule has 4 nitrogen and oxygen atoms in total. The molecule has 1 aromatic rings. The Morgan fingerprint density at radius 2 is 1.94 bits per heavy atom. The van der Waals surface area contributed by atoms with Crippen LogP contribution in [0.4, 0.5) is 5.69 Å². The third-order valence-corrected chi connectivity index (χ3v) is 3.18. The fraction of sp³-hybridized carbons (Fsp3) is 0.571. The van der Waals surface area contributed by atoms with Crippen LogP contribution in [0.15, 0.2) is 40.6 Å². The molecule has 0 aliphatic carbocycles. The number of aliphatic hydroxyl groups is 1. The SMILES string of the molecule is CC(O)(CCC1OC1(C)C)N=Nc1ccccc1. The summed E-state index contributed by atoms with van der Waals surface area (Å²) in [6.07, 6.45) is 1.58. The molecule has 0 spiro atoms. The maximum Gasteiger partial charge on any atom is 0.173 e. The van der Waals surface area contributed by atoms with E-state index < -0.39 is 5.72 Å². The predicted molar refractivity (Wildman–Crippen MR) is 69.8 cm³/mol. The third-order valence-electron chi connectivity index (χ3n) is 3.18. The van der Waals surface area contributed by atoms with Crippen LogP contribution in [0.1, 0.15) is 33.6 Å². The molecule has 1 aliphatic rings. The molecule has 1 aliphatic heterocycles. The molecule has 0 amide bonds. The standard InChI is InChI=1S/C14H20N2O2/c1-13(2)12(18-13)9-10-14(3,17)16-15-11-7-5-4-6-8-11/h4-8,12,17H,9-10H2,1-3H3. The van der Waals surface area contributed by atoms with Gasteiger partial charge in [-0.15, -0.1) is 0 Å². The van der Waals surface area contributed by atoms with E-state index in [-0.39, 0.29) is 11.7 Å². The minimum Gasteiger partial charge on any atom is -0.368 e. The van der Waals surface area contributed by atoms with Gasteiger partial charge >= 0.3 is 0 Å². The van der Waals surface area contributed by atoms with Crippen molar-refractivity contribution < 1.29 is 9.84 Å². The topological polar surface area (TPSA) is 57.5 Å². The second kappa shape index (κ2) is 4.78. The van der Waals surface area contributed by atoms with Gasteiger partial charge in [-0.25, -0.2) is 0 Å². The highest BCUT2D eigenvalue weighted by Crippen LogP contribution is 2.39. The van der Waals surface area contributed by atoms with Crippen molar-refractivity contribution in [2.45, 2.75) is 51.0 Å². The van der Waals surface area contributed by atoms with Crippen LogP contribution in [0.2, 0.25) is 0 Å². The number of hydrogen-bond donors (Lipinski definition) is 1. The monoisotopic (exact) mass is 248 g/mol. The highest BCUT2D eigenvalue weighted by molar-refractivity contribution is 5.34. The van der Waals surface area contributed by atoms with Gasteiger partial charge in [0.1, 0.15) is 0 Å². The van der Waals surface area contributed by atoms with E-state index in [1.807, 2.05) is 30.3 Å². The fourth-order valence-corrected chi connectivity index (χ4v) is 1.85. The van der Waals surface area contributed by atoms with Crippen molar-refractivity contribution in [3.8, 4) is 0 Å². The molecule has 2 atom stereocenters. The van der Waals surface area contributed by atoms with Crippen LogP contribution in [0, 0.1) is 0 Å². The van der Waals surface area contributed by atoms with Crippen molar-refractivity contribution in [2.24, 2.45) is 10.2 Å². The zero-order chi connectivity index (χ0) is 13.2. The molecule has 0 bridgehead atoms. The predicted octanol–water partition coefficient (Wildman–Crippen LogP) is 3.44. The van der Waals surface area contributed by atoms with E-state index >= 15 is 0 Å². The van der Waals surface area contributed by atoms with E-state index in [1.54, 1.807) is 6.92 Å². The maximum atomic E-state index is 10.1. The smallest absolute Gasteiger partial charge is 0.173 e. The number of hydrogen-bond acceptors (Lipinski definition) is 4. The molecule has 1 N–H and O–H groups in total. The summed E-state index contributed by atoms with van der Waals surface area (Å²) < 4.78 is 5.48. The molecule has 1 heterocycles. The summed E-state index contributed by atoms with van der Waals surface area (Å²) in [6, 6.07) is 9.41. The number of benzene rings is 1. The van der Waals surface area contributed by atoms with Gasteiger partial charge in [0.15, 0.2) is 5.72 Å². The van der Waals surface area contributed by atoms with Crippen LogP contribution in [0.25, 0.3) is 0 Å². The van der Waals surface area contributed by atoms with Crippen LogP contribution in [0.5, 0.6) is 0 Å². The Bertz CT molecular complexity index is 427. The van der Waals surface area contributed by atoms with Gasteiger partial charge in [0.2, 0.25) is 0 Å². The Morgan fingerprint density at radius 1 is 1.33 bits per heavy atom. The summed E-state index contributed by atoms with van der Waals surface area (Å²) in [5.74, 6) is 0. The van der Waals surface area contributed by atoms with Crippen LogP contribution >= 0.6 is 0 Å². The molecule has 1 saturated heterocycles. The van der Waals surface area contributed by atoms with Crippen molar-refractivity contribution in [1.29, 1.82) is 0 Å². The number of epoxide rings is 1. The number of nitrogens with zero attached hydrogens (tertiary/aromatic N) is 2. The van der Waals surface area contributed by atoms with Gasteiger partial charge in [-0.3, -0.25) is 0 Å². The molecule has 2 unspecified atom stereocenters. The Morgan fingerprint density at radius 3 is 2.50 bits per heavy atom. The second-order valence-corrected chi connectivity index (χ2v) is 5.50. The molecule has 0 saturated carbocycles. The Kier molecular flexibility index (Phi) is 3.50. The van der Waals surface area contributed by atoms with E-state index in [2.05, 4.69) is 24.1 Å². The number of azo groups is 1. The number of rotatable bonds is 5. The molecule has 0 aromatic heterocycles. The summed E-state index contributed by atoms with van der Waals surface area (Å²) >= 11 is 0. The van der Waals surface area contributed by atoms with Gasteiger partial charge in [-0.05, 0) is 39.3 Å². The summed E-state index contributed by atoms with van der Waals surface area (Å²) in [6.45, 7) is 5.78. The lowest BCUT2D eigenvalue weighted by Crippen LogP contribution is -2.21. The van der Waals surface area contributed by atoms with Gasteiger partial charge in [-0.1, -0.05) is 18.2 Å². The minimum atomic E-state index is -1.13. The van der Waals surface area contributed by atoms with E-state index in [0.717, 1.165) is 12.1 Å². The molecule has 1 fully saturated rings. The first-order valence-electron chi connectivity index (χ1n) is 6.27. The molecular weight excluding hydrogens is 228 g/mol. The minimum absolute atomic E-state index is 0.0351. The van der Waals surface area contributed by atoms with E-state index in [0.29, 0.717) is 6.42 Å². The quantitative estimate of drug-likeness (QED) is 0.641. The van der Waals surface area contributed by atoms with E-state index in [9.17, 15) is 5.11 Å². The summed E-state index contributed by atoms with van der Waals surface area (Å²) in [5.41, 5.74) is -0.411. The van der Waals surface area contributed by atoms with Gasteiger partial charge in [0.25, 0.3) is 0 Å². The van der Waals surface area contributed by atoms with Gasteiger partial charge < -0.3 is 9.84 Å². The number of ether oxygens (including phenoxy) is 1. The zero-order valence-corrected chi connectivity index (χ0v) is 11.1. The Labute approximate surface area is 108 Å². The largest absolute Gasteiger partial charge is 0.368 e. The summed E-state index contributed by atoms with van der Waals surface area (Å²) in [4.78, 5) is 0. The molecule has 98 valence electrons. The average Bonchev–Trinajstić information content (AvgIpc) is 2.94. The lowest BCUT2D eigenvalue weighted by molar-refractivity contribution is 0.0490. The van der Waals surface area contributed by atoms with Gasteiger partial charge in [-0.2, -0.15) is 10.2 Å². The highest BCUT2D eigenvalue weighted by atomic mass is 16.6. The van der Waals surface area contributed by atoms with E-state index in [4.69, 9.17) is 4.74 Å². The highest BCUT2D eigenvalue weighted by Gasteiger charge is 2.47. The van der Waals surface area contributed by atoms with Gasteiger partial charge in [0.05, 0.1) is 17.4 Å². The first kappa shape index (κ1) is 13.2. The van der Waals surface area contributed by atoms with Crippen LogP contribution in [-0.2, 0) is 4.74 Å². The molecule has 18 heavy (non-hydrogen) atoms. The maximum absolute atomic E-state index is 10.1. The van der Waals surface area contributed by atoms with Crippen molar-refractivity contribution in [1.82, 2.24) is 0 Å². The van der Waals surface area contributed by atoms with E-state index in [1.165, 1.54) is 0 Å². The average molecular weight is 248 g/mol. The van der Waals surface area contributed by atoms with Crippen molar-refractivity contribution >= 4 is 5.69 Å².